The topological polar surface area (TPSA) is 3.24 Å². The van der Waals surface area contributed by atoms with Gasteiger partial charge in [-0.1, -0.05) is 26.0 Å². The standard InChI is InChI=1S/C17H27NS/c1-4-11-18(12-5-2)15-10-9-14-7-6-8-17(19-3)16(14)13-15/h6-8,15H,4-5,9-13H2,1-3H3. The van der Waals surface area contributed by atoms with Gasteiger partial charge in [0.2, 0.25) is 0 Å². The van der Waals surface area contributed by atoms with Crippen molar-refractivity contribution in [1.82, 2.24) is 4.90 Å². The SMILES string of the molecule is CCCN(CCC)C1CCc2cccc(SC)c2C1. The molecule has 0 spiro atoms. The van der Waals surface area contributed by atoms with Gasteiger partial charge >= 0.3 is 0 Å². The number of rotatable bonds is 6. The molecular weight excluding hydrogens is 250 g/mol. The van der Waals surface area contributed by atoms with E-state index in [4.69, 9.17) is 0 Å². The predicted molar refractivity (Wildman–Crippen MR) is 86.2 cm³/mol. The largest absolute Gasteiger partial charge is 0.300 e. The third kappa shape index (κ3) is 3.55. The number of nitrogens with zero attached hydrogens (tertiary/aromatic N) is 1. The second-order valence-corrected chi connectivity index (χ2v) is 6.38. The second-order valence-electron chi connectivity index (χ2n) is 5.53. The molecule has 0 heterocycles. The molecule has 2 rings (SSSR count). The molecule has 0 saturated carbocycles. The summed E-state index contributed by atoms with van der Waals surface area (Å²) in [5, 5.41) is 0. The molecule has 106 valence electrons. The lowest BCUT2D eigenvalue weighted by molar-refractivity contribution is 0.179. The van der Waals surface area contributed by atoms with Crippen LogP contribution < -0.4 is 0 Å². The van der Waals surface area contributed by atoms with Crippen molar-refractivity contribution in [3.05, 3.63) is 29.3 Å². The van der Waals surface area contributed by atoms with Crippen molar-refractivity contribution in [3.63, 3.8) is 0 Å². The Bertz CT molecular complexity index is 382. The Balaban J connectivity index is 2.15. The third-order valence-corrected chi connectivity index (χ3v) is 5.00. The smallest absolute Gasteiger partial charge is 0.0139 e. The molecule has 1 nitrogen and oxygen atoms in total. The van der Waals surface area contributed by atoms with E-state index in [2.05, 4.69) is 43.2 Å². The highest BCUT2D eigenvalue weighted by molar-refractivity contribution is 7.98. The molecule has 0 fully saturated rings. The van der Waals surface area contributed by atoms with E-state index in [-0.39, 0.29) is 0 Å². The van der Waals surface area contributed by atoms with Crippen LogP contribution >= 0.6 is 11.8 Å². The second kappa shape index (κ2) is 7.35. The summed E-state index contributed by atoms with van der Waals surface area (Å²) in [6, 6.07) is 7.60. The molecule has 1 aromatic carbocycles. The quantitative estimate of drug-likeness (QED) is 0.710. The molecule has 2 heteroatoms. The summed E-state index contributed by atoms with van der Waals surface area (Å²) < 4.78 is 0. The van der Waals surface area contributed by atoms with E-state index in [0.717, 1.165) is 6.04 Å². The average molecular weight is 277 g/mol. The summed E-state index contributed by atoms with van der Waals surface area (Å²) in [5.41, 5.74) is 3.22. The number of hydrogen-bond acceptors (Lipinski definition) is 2. The highest BCUT2D eigenvalue weighted by Crippen LogP contribution is 2.31. The highest BCUT2D eigenvalue weighted by Gasteiger charge is 2.24. The zero-order chi connectivity index (χ0) is 13.7. The first-order chi connectivity index (χ1) is 9.30. The van der Waals surface area contributed by atoms with Crippen molar-refractivity contribution in [2.24, 2.45) is 0 Å². The van der Waals surface area contributed by atoms with E-state index in [1.165, 1.54) is 50.1 Å². The lowest BCUT2D eigenvalue weighted by Crippen LogP contribution is -2.40. The fourth-order valence-electron chi connectivity index (χ4n) is 3.29. The Labute approximate surface area is 122 Å². The Kier molecular flexibility index (Phi) is 5.77. The van der Waals surface area contributed by atoms with Gasteiger partial charge < -0.3 is 4.90 Å². The minimum atomic E-state index is 0.765. The van der Waals surface area contributed by atoms with Gasteiger partial charge in [0, 0.05) is 10.9 Å². The van der Waals surface area contributed by atoms with Crippen molar-refractivity contribution in [2.75, 3.05) is 19.3 Å². The van der Waals surface area contributed by atoms with Crippen LogP contribution in [0.15, 0.2) is 23.1 Å². The summed E-state index contributed by atoms with van der Waals surface area (Å²) in [6.07, 6.45) is 8.60. The van der Waals surface area contributed by atoms with Crippen LogP contribution in [-0.2, 0) is 12.8 Å². The van der Waals surface area contributed by atoms with Crippen molar-refractivity contribution in [1.29, 1.82) is 0 Å². The Morgan fingerprint density at radius 1 is 1.21 bits per heavy atom. The van der Waals surface area contributed by atoms with Crippen LogP contribution in [0, 0.1) is 0 Å². The molecule has 0 amide bonds. The monoisotopic (exact) mass is 277 g/mol. The molecule has 0 aliphatic heterocycles. The van der Waals surface area contributed by atoms with Gasteiger partial charge in [0.25, 0.3) is 0 Å². The van der Waals surface area contributed by atoms with Crippen molar-refractivity contribution >= 4 is 11.8 Å². The van der Waals surface area contributed by atoms with Crippen molar-refractivity contribution in [2.45, 2.75) is 56.9 Å². The van der Waals surface area contributed by atoms with E-state index in [1.54, 1.807) is 11.1 Å². The molecule has 1 aromatic rings. The van der Waals surface area contributed by atoms with Gasteiger partial charge in [-0.05, 0) is 68.6 Å². The lowest BCUT2D eigenvalue weighted by atomic mass is 9.87. The Morgan fingerprint density at radius 2 is 1.95 bits per heavy atom. The average Bonchev–Trinajstić information content (AvgIpc) is 2.46. The van der Waals surface area contributed by atoms with Crippen LogP contribution in [0.3, 0.4) is 0 Å². The first-order valence-electron chi connectivity index (χ1n) is 7.68. The maximum Gasteiger partial charge on any atom is 0.0139 e. The van der Waals surface area contributed by atoms with E-state index in [9.17, 15) is 0 Å². The molecule has 1 aliphatic rings. The van der Waals surface area contributed by atoms with E-state index in [1.807, 2.05) is 11.8 Å². The first-order valence-corrected chi connectivity index (χ1v) is 8.91. The van der Waals surface area contributed by atoms with Crippen LogP contribution in [-0.4, -0.2) is 30.3 Å². The fraction of sp³-hybridized carbons (Fsp3) is 0.647. The summed E-state index contributed by atoms with van der Waals surface area (Å²) in [4.78, 5) is 4.22. The van der Waals surface area contributed by atoms with Crippen molar-refractivity contribution in [3.8, 4) is 0 Å². The number of fused-ring (bicyclic) bond motifs is 1. The van der Waals surface area contributed by atoms with Crippen LogP contribution in [0.4, 0.5) is 0 Å². The first kappa shape index (κ1) is 14.9. The van der Waals surface area contributed by atoms with Crippen molar-refractivity contribution < 1.29 is 0 Å². The number of hydrogen-bond donors (Lipinski definition) is 0. The zero-order valence-corrected chi connectivity index (χ0v) is 13.4. The summed E-state index contributed by atoms with van der Waals surface area (Å²) in [6.45, 7) is 7.12. The Morgan fingerprint density at radius 3 is 2.58 bits per heavy atom. The van der Waals surface area contributed by atoms with Gasteiger partial charge in [0.15, 0.2) is 0 Å². The molecule has 1 atom stereocenters. The van der Waals surface area contributed by atoms with Crippen LogP contribution in [0.25, 0.3) is 0 Å². The summed E-state index contributed by atoms with van der Waals surface area (Å²) in [7, 11) is 0. The van der Waals surface area contributed by atoms with Crippen LogP contribution in [0.1, 0.15) is 44.2 Å². The molecule has 19 heavy (non-hydrogen) atoms. The number of aryl methyl sites for hydroxylation is 1. The molecule has 0 bridgehead atoms. The minimum Gasteiger partial charge on any atom is -0.300 e. The molecule has 0 aromatic heterocycles. The molecular formula is C17H27NS. The maximum atomic E-state index is 2.72. The molecule has 0 radical (unpaired) electrons. The van der Waals surface area contributed by atoms with Gasteiger partial charge in [-0.3, -0.25) is 0 Å². The van der Waals surface area contributed by atoms with Gasteiger partial charge in [0.05, 0.1) is 0 Å². The maximum absolute atomic E-state index is 2.72. The van der Waals surface area contributed by atoms with Gasteiger partial charge in [-0.2, -0.15) is 0 Å². The lowest BCUT2D eigenvalue weighted by Gasteiger charge is -2.35. The number of thioether (sulfide) groups is 1. The Hall–Kier alpha value is -0.470. The molecule has 1 aliphatic carbocycles. The highest BCUT2D eigenvalue weighted by atomic mass is 32.2. The van der Waals surface area contributed by atoms with Gasteiger partial charge in [-0.25, -0.2) is 0 Å². The summed E-state index contributed by atoms with van der Waals surface area (Å²) >= 11 is 1.91. The van der Waals surface area contributed by atoms with E-state index < -0.39 is 0 Å². The van der Waals surface area contributed by atoms with Gasteiger partial charge in [-0.15, -0.1) is 11.8 Å². The fourth-order valence-corrected chi connectivity index (χ4v) is 3.97. The molecule has 0 saturated heterocycles. The third-order valence-electron chi connectivity index (χ3n) is 4.17. The summed E-state index contributed by atoms with van der Waals surface area (Å²) in [5.74, 6) is 0. The minimum absolute atomic E-state index is 0.765. The van der Waals surface area contributed by atoms with Gasteiger partial charge in [0.1, 0.15) is 0 Å². The molecule has 1 unspecified atom stereocenters. The van der Waals surface area contributed by atoms with Crippen LogP contribution in [0.5, 0.6) is 0 Å². The zero-order valence-electron chi connectivity index (χ0n) is 12.6. The number of benzene rings is 1. The van der Waals surface area contributed by atoms with E-state index >= 15 is 0 Å². The van der Waals surface area contributed by atoms with Crippen LogP contribution in [0.2, 0.25) is 0 Å². The van der Waals surface area contributed by atoms with E-state index in [0.29, 0.717) is 0 Å². The molecule has 0 N–H and O–H groups in total. The normalized spacial score (nSPS) is 18.6. The predicted octanol–water partition coefficient (Wildman–Crippen LogP) is 4.39.